The Morgan fingerprint density at radius 3 is 2.68 bits per heavy atom. The molecule has 28 heavy (non-hydrogen) atoms. The van der Waals surface area contributed by atoms with E-state index in [0.717, 1.165) is 22.0 Å². The molecule has 0 aliphatic carbocycles. The summed E-state index contributed by atoms with van der Waals surface area (Å²) < 4.78 is 0. The Hall–Kier alpha value is -2.70. The highest BCUT2D eigenvalue weighted by Gasteiger charge is 2.15. The van der Waals surface area contributed by atoms with Crippen LogP contribution in [0.2, 0.25) is 0 Å². The summed E-state index contributed by atoms with van der Waals surface area (Å²) in [6.07, 6.45) is 0. The number of aliphatic hydroxyl groups is 1. The van der Waals surface area contributed by atoms with Crippen molar-refractivity contribution in [3.05, 3.63) is 81.6 Å². The van der Waals surface area contributed by atoms with Gasteiger partial charge in [-0.2, -0.15) is 0 Å². The molecule has 3 rings (SSSR count). The molecule has 1 atom stereocenters. The first-order chi connectivity index (χ1) is 13.5. The lowest BCUT2D eigenvalue weighted by atomic mass is 10.1. The van der Waals surface area contributed by atoms with Crippen LogP contribution < -0.4 is 10.9 Å². The largest absolute Gasteiger partial charge is 0.395 e. The quantitative estimate of drug-likeness (QED) is 0.559. The van der Waals surface area contributed by atoms with Crippen molar-refractivity contribution >= 4 is 28.2 Å². The van der Waals surface area contributed by atoms with Crippen LogP contribution in [0.1, 0.15) is 29.7 Å². The average molecular weight is 396 g/mol. The Balaban J connectivity index is 1.79. The number of nitrogens with zero attached hydrogens (tertiary/aromatic N) is 1. The van der Waals surface area contributed by atoms with Gasteiger partial charge in [0.05, 0.1) is 19.2 Å². The van der Waals surface area contributed by atoms with E-state index in [-0.39, 0.29) is 18.2 Å². The van der Waals surface area contributed by atoms with Gasteiger partial charge in [-0.05, 0) is 54.7 Å². The Morgan fingerprint density at radius 2 is 1.96 bits per heavy atom. The molecule has 0 aliphatic rings. The highest BCUT2D eigenvalue weighted by atomic mass is 32.1. The van der Waals surface area contributed by atoms with Crippen molar-refractivity contribution in [2.75, 3.05) is 13.2 Å². The van der Waals surface area contributed by atoms with Crippen molar-refractivity contribution in [2.24, 2.45) is 0 Å². The smallest absolute Gasteiger partial charge is 0.253 e. The van der Waals surface area contributed by atoms with Crippen LogP contribution >= 0.6 is 12.2 Å². The molecule has 2 aromatic carbocycles. The number of H-pyrrole nitrogens is 1. The summed E-state index contributed by atoms with van der Waals surface area (Å²) in [5, 5.41) is 14.3. The molecule has 0 fully saturated rings. The number of pyridine rings is 1. The van der Waals surface area contributed by atoms with Gasteiger partial charge in [0.1, 0.15) is 0 Å². The standard InChI is InChI=1S/C22H25N3O2S/c1-15-8-9-18-13-19(21(27)24-20(18)12-15)14-25(10-11-26)22(28)23-16(2)17-6-4-3-5-7-17/h3-9,12-13,16,26H,10-11,14H2,1-2H3,(H,23,28)(H,24,27)/t16-/m1/s1. The van der Waals surface area contributed by atoms with Gasteiger partial charge in [-0.3, -0.25) is 4.79 Å². The predicted octanol–water partition coefficient (Wildman–Crippen LogP) is 3.27. The Kier molecular flexibility index (Phi) is 6.44. The maximum Gasteiger partial charge on any atom is 0.253 e. The van der Waals surface area contributed by atoms with Crippen molar-refractivity contribution in [1.82, 2.24) is 15.2 Å². The molecule has 0 unspecified atom stereocenters. The molecule has 0 amide bonds. The Bertz CT molecular complexity index is 1020. The van der Waals surface area contributed by atoms with Gasteiger partial charge in [-0.15, -0.1) is 0 Å². The summed E-state index contributed by atoms with van der Waals surface area (Å²) in [7, 11) is 0. The van der Waals surface area contributed by atoms with Crippen molar-refractivity contribution in [3.63, 3.8) is 0 Å². The zero-order valence-electron chi connectivity index (χ0n) is 16.1. The second-order valence-corrected chi connectivity index (χ2v) is 7.33. The maximum absolute atomic E-state index is 12.5. The molecule has 146 valence electrons. The topological polar surface area (TPSA) is 68.4 Å². The number of nitrogens with one attached hydrogen (secondary N) is 2. The molecule has 0 spiro atoms. The molecule has 1 heterocycles. The zero-order valence-corrected chi connectivity index (χ0v) is 16.9. The number of benzene rings is 2. The van der Waals surface area contributed by atoms with Crippen LogP contribution in [0.3, 0.4) is 0 Å². The normalized spacial score (nSPS) is 12.0. The van der Waals surface area contributed by atoms with Gasteiger partial charge in [0.25, 0.3) is 5.56 Å². The molecule has 0 aliphatic heterocycles. The van der Waals surface area contributed by atoms with Gasteiger partial charge >= 0.3 is 0 Å². The van der Waals surface area contributed by atoms with E-state index in [2.05, 4.69) is 10.3 Å². The molecule has 1 aromatic heterocycles. The monoisotopic (exact) mass is 395 g/mol. The van der Waals surface area contributed by atoms with Crippen LogP contribution in [0.25, 0.3) is 10.9 Å². The van der Waals surface area contributed by atoms with E-state index in [0.29, 0.717) is 23.8 Å². The second kappa shape index (κ2) is 8.99. The van der Waals surface area contributed by atoms with Gasteiger partial charge in [-0.25, -0.2) is 0 Å². The number of thiocarbonyl (C=S) groups is 1. The molecule has 0 saturated carbocycles. The van der Waals surface area contributed by atoms with Crippen molar-refractivity contribution in [1.29, 1.82) is 0 Å². The number of aryl methyl sites for hydroxylation is 1. The molecule has 6 heteroatoms. The van der Waals surface area contributed by atoms with Gasteiger partial charge in [0.15, 0.2) is 5.11 Å². The number of aromatic amines is 1. The molecule has 0 saturated heterocycles. The first-order valence-electron chi connectivity index (χ1n) is 9.31. The molecule has 0 radical (unpaired) electrons. The van der Waals surface area contributed by atoms with Gasteiger partial charge in [0.2, 0.25) is 0 Å². The lowest BCUT2D eigenvalue weighted by Gasteiger charge is -2.27. The third-order valence-electron chi connectivity index (χ3n) is 4.74. The number of aromatic nitrogens is 1. The number of aliphatic hydroxyl groups excluding tert-OH is 1. The average Bonchev–Trinajstić information content (AvgIpc) is 2.68. The van der Waals surface area contributed by atoms with Crippen molar-refractivity contribution in [3.8, 4) is 0 Å². The lowest BCUT2D eigenvalue weighted by molar-refractivity contribution is 0.244. The molecule has 5 nitrogen and oxygen atoms in total. The Labute approximate surface area is 170 Å². The van der Waals surface area contributed by atoms with E-state index in [1.807, 2.05) is 73.3 Å². The van der Waals surface area contributed by atoms with Gasteiger partial charge in [0, 0.05) is 17.6 Å². The van der Waals surface area contributed by atoms with E-state index < -0.39 is 0 Å². The van der Waals surface area contributed by atoms with Gasteiger partial charge < -0.3 is 20.3 Å². The van der Waals surface area contributed by atoms with E-state index in [1.54, 1.807) is 0 Å². The zero-order chi connectivity index (χ0) is 20.1. The third-order valence-corrected chi connectivity index (χ3v) is 5.11. The Morgan fingerprint density at radius 1 is 1.21 bits per heavy atom. The second-order valence-electron chi connectivity index (χ2n) is 6.94. The molecule has 3 N–H and O–H groups in total. The molecular formula is C22H25N3O2S. The number of rotatable bonds is 6. The summed E-state index contributed by atoms with van der Waals surface area (Å²) in [5.74, 6) is 0. The summed E-state index contributed by atoms with van der Waals surface area (Å²) >= 11 is 5.56. The van der Waals surface area contributed by atoms with Crippen LogP contribution in [-0.4, -0.2) is 33.3 Å². The summed E-state index contributed by atoms with van der Waals surface area (Å²) in [5.41, 5.74) is 3.51. The number of hydrogen-bond donors (Lipinski definition) is 3. The van der Waals surface area contributed by atoms with Crippen LogP contribution in [0.15, 0.2) is 59.4 Å². The molecular weight excluding hydrogens is 370 g/mol. The number of hydrogen-bond acceptors (Lipinski definition) is 3. The highest BCUT2D eigenvalue weighted by molar-refractivity contribution is 7.80. The predicted molar refractivity (Wildman–Crippen MR) is 117 cm³/mol. The number of fused-ring (bicyclic) bond motifs is 1. The van der Waals surface area contributed by atoms with E-state index in [9.17, 15) is 9.90 Å². The van der Waals surface area contributed by atoms with Crippen LogP contribution in [0.4, 0.5) is 0 Å². The highest BCUT2D eigenvalue weighted by Crippen LogP contribution is 2.15. The minimum absolute atomic E-state index is 0.0211. The fraction of sp³-hybridized carbons (Fsp3) is 0.273. The minimum Gasteiger partial charge on any atom is -0.395 e. The lowest BCUT2D eigenvalue weighted by Crippen LogP contribution is -2.42. The van der Waals surface area contributed by atoms with E-state index in [4.69, 9.17) is 12.2 Å². The minimum atomic E-state index is -0.139. The van der Waals surface area contributed by atoms with Crippen LogP contribution in [-0.2, 0) is 6.54 Å². The van der Waals surface area contributed by atoms with E-state index in [1.165, 1.54) is 0 Å². The SMILES string of the molecule is Cc1ccc2cc(CN(CCO)C(=S)N[C@H](C)c3ccccc3)c(=O)[nH]c2c1. The molecule has 3 aromatic rings. The fourth-order valence-corrected chi connectivity index (χ4v) is 3.49. The summed E-state index contributed by atoms with van der Waals surface area (Å²) in [6.45, 7) is 4.65. The van der Waals surface area contributed by atoms with Crippen molar-refractivity contribution < 1.29 is 5.11 Å². The molecule has 0 bridgehead atoms. The first kappa shape index (κ1) is 20.0. The van der Waals surface area contributed by atoms with Gasteiger partial charge in [-0.1, -0.05) is 42.5 Å². The first-order valence-corrected chi connectivity index (χ1v) is 9.72. The third kappa shape index (κ3) is 4.77. The van der Waals surface area contributed by atoms with Crippen LogP contribution in [0.5, 0.6) is 0 Å². The summed E-state index contributed by atoms with van der Waals surface area (Å²) in [4.78, 5) is 17.3. The van der Waals surface area contributed by atoms with Crippen molar-refractivity contribution in [2.45, 2.75) is 26.4 Å². The van der Waals surface area contributed by atoms with Crippen LogP contribution in [0, 0.1) is 6.92 Å². The summed E-state index contributed by atoms with van der Waals surface area (Å²) in [6, 6.07) is 17.9. The maximum atomic E-state index is 12.5. The fourth-order valence-electron chi connectivity index (χ4n) is 3.16. The van der Waals surface area contributed by atoms with E-state index >= 15 is 0 Å².